The van der Waals surface area contributed by atoms with Crippen LogP contribution in [-0.4, -0.2) is 31.1 Å². The molecule has 2 unspecified atom stereocenters. The van der Waals surface area contributed by atoms with E-state index in [1.807, 2.05) is 18.2 Å². The van der Waals surface area contributed by atoms with Gasteiger partial charge in [0, 0.05) is 13.0 Å². The fourth-order valence-corrected chi connectivity index (χ4v) is 2.94. The standard InChI is InChI=1S/C16H21NO4/c1-17(13-8-3-4-9-14(13)21-2)15(18)11-6-5-7-12(10-11)16(19)20/h3-4,8-9,11-12H,5-7,10H2,1-2H3,(H,19,20). The minimum atomic E-state index is -0.799. The first-order chi connectivity index (χ1) is 10.0. The lowest BCUT2D eigenvalue weighted by Gasteiger charge is -2.30. The molecular formula is C16H21NO4. The SMILES string of the molecule is COc1ccccc1N(C)C(=O)C1CCCC(C(=O)O)C1. The van der Waals surface area contributed by atoms with Gasteiger partial charge < -0.3 is 14.7 Å². The number of methoxy groups -OCH3 is 1. The van der Waals surface area contributed by atoms with E-state index in [9.17, 15) is 9.59 Å². The Morgan fingerprint density at radius 1 is 1.24 bits per heavy atom. The molecule has 1 N–H and O–H groups in total. The number of carbonyl (C=O) groups excluding carboxylic acids is 1. The van der Waals surface area contributed by atoms with Gasteiger partial charge in [-0.1, -0.05) is 18.6 Å². The van der Waals surface area contributed by atoms with Crippen LogP contribution in [0.5, 0.6) is 5.75 Å². The number of hydrogen-bond acceptors (Lipinski definition) is 3. The highest BCUT2D eigenvalue weighted by Gasteiger charge is 2.33. The molecule has 0 radical (unpaired) electrons. The molecule has 0 saturated heterocycles. The predicted octanol–water partition coefficient (Wildman–Crippen LogP) is 2.55. The van der Waals surface area contributed by atoms with E-state index < -0.39 is 11.9 Å². The van der Waals surface area contributed by atoms with Crippen LogP contribution in [0.15, 0.2) is 24.3 Å². The Hall–Kier alpha value is -2.04. The zero-order chi connectivity index (χ0) is 15.4. The second-order valence-electron chi connectivity index (χ2n) is 5.47. The average molecular weight is 291 g/mol. The Morgan fingerprint density at radius 2 is 1.90 bits per heavy atom. The van der Waals surface area contributed by atoms with Crippen molar-refractivity contribution in [2.45, 2.75) is 25.7 Å². The monoisotopic (exact) mass is 291 g/mol. The van der Waals surface area contributed by atoms with Crippen LogP contribution in [0.1, 0.15) is 25.7 Å². The van der Waals surface area contributed by atoms with Crippen molar-refractivity contribution in [1.29, 1.82) is 0 Å². The van der Waals surface area contributed by atoms with Crippen molar-refractivity contribution in [1.82, 2.24) is 0 Å². The molecule has 0 heterocycles. The van der Waals surface area contributed by atoms with E-state index in [4.69, 9.17) is 9.84 Å². The largest absolute Gasteiger partial charge is 0.495 e. The molecular weight excluding hydrogens is 270 g/mol. The molecule has 1 aliphatic carbocycles. The van der Waals surface area contributed by atoms with Gasteiger partial charge in [0.25, 0.3) is 0 Å². The van der Waals surface area contributed by atoms with Crippen LogP contribution in [-0.2, 0) is 9.59 Å². The van der Waals surface area contributed by atoms with E-state index >= 15 is 0 Å². The molecule has 0 bridgehead atoms. The number of amides is 1. The lowest BCUT2D eigenvalue weighted by atomic mass is 9.80. The van der Waals surface area contributed by atoms with Gasteiger partial charge in [0.15, 0.2) is 0 Å². The summed E-state index contributed by atoms with van der Waals surface area (Å²) in [4.78, 5) is 25.3. The lowest BCUT2D eigenvalue weighted by Crippen LogP contribution is -2.37. The number of rotatable bonds is 4. The number of nitrogens with zero attached hydrogens (tertiary/aromatic N) is 1. The fraction of sp³-hybridized carbons (Fsp3) is 0.500. The van der Waals surface area contributed by atoms with Gasteiger partial charge in [0.2, 0.25) is 5.91 Å². The quantitative estimate of drug-likeness (QED) is 0.925. The summed E-state index contributed by atoms with van der Waals surface area (Å²) in [5.41, 5.74) is 0.711. The first kappa shape index (κ1) is 15.4. The van der Waals surface area contributed by atoms with E-state index in [1.165, 1.54) is 0 Å². The second kappa shape index (κ2) is 6.61. The van der Waals surface area contributed by atoms with Crippen LogP contribution in [0.25, 0.3) is 0 Å². The first-order valence-electron chi connectivity index (χ1n) is 7.18. The van der Waals surface area contributed by atoms with Crippen LogP contribution >= 0.6 is 0 Å². The zero-order valence-corrected chi connectivity index (χ0v) is 12.4. The molecule has 0 spiro atoms. The van der Waals surface area contributed by atoms with E-state index in [0.29, 0.717) is 24.3 Å². The van der Waals surface area contributed by atoms with Crippen LogP contribution < -0.4 is 9.64 Å². The number of anilines is 1. The zero-order valence-electron chi connectivity index (χ0n) is 12.4. The Kier molecular flexibility index (Phi) is 4.83. The molecule has 1 aromatic rings. The molecule has 5 heteroatoms. The van der Waals surface area contributed by atoms with E-state index in [2.05, 4.69) is 0 Å². The molecule has 0 aromatic heterocycles. The maximum absolute atomic E-state index is 12.6. The first-order valence-corrected chi connectivity index (χ1v) is 7.18. The van der Waals surface area contributed by atoms with Gasteiger partial charge in [-0.3, -0.25) is 9.59 Å². The summed E-state index contributed by atoms with van der Waals surface area (Å²) in [7, 11) is 3.28. The number of carbonyl (C=O) groups is 2. The summed E-state index contributed by atoms with van der Waals surface area (Å²) in [6.07, 6.45) is 2.63. The smallest absolute Gasteiger partial charge is 0.306 e. The molecule has 5 nitrogen and oxygen atoms in total. The van der Waals surface area contributed by atoms with Crippen molar-refractivity contribution in [3.8, 4) is 5.75 Å². The Balaban J connectivity index is 2.13. The number of carboxylic acid groups (broad SMARTS) is 1. The maximum Gasteiger partial charge on any atom is 0.306 e. The van der Waals surface area contributed by atoms with Gasteiger partial charge >= 0.3 is 5.97 Å². The lowest BCUT2D eigenvalue weighted by molar-refractivity contribution is -0.143. The third kappa shape index (κ3) is 3.35. The Morgan fingerprint density at radius 3 is 2.57 bits per heavy atom. The highest BCUT2D eigenvalue weighted by molar-refractivity contribution is 5.96. The summed E-state index contributed by atoms with van der Waals surface area (Å²) in [5, 5.41) is 9.13. The van der Waals surface area contributed by atoms with Crippen molar-refractivity contribution in [2.24, 2.45) is 11.8 Å². The molecule has 1 aliphatic rings. The molecule has 21 heavy (non-hydrogen) atoms. The number of carboxylic acids is 1. The van der Waals surface area contributed by atoms with Crippen LogP contribution in [0, 0.1) is 11.8 Å². The summed E-state index contributed by atoms with van der Waals surface area (Å²) < 4.78 is 5.28. The van der Waals surface area contributed by atoms with E-state index in [-0.39, 0.29) is 11.8 Å². The van der Waals surface area contributed by atoms with Crippen molar-refractivity contribution >= 4 is 17.6 Å². The third-order valence-corrected chi connectivity index (χ3v) is 4.15. The number of ether oxygens (including phenoxy) is 1. The number of aliphatic carboxylic acids is 1. The van der Waals surface area contributed by atoms with Crippen LogP contribution in [0.3, 0.4) is 0 Å². The Bertz CT molecular complexity index is 529. The van der Waals surface area contributed by atoms with Gasteiger partial charge in [-0.15, -0.1) is 0 Å². The highest BCUT2D eigenvalue weighted by atomic mass is 16.5. The Labute approximate surface area is 124 Å². The number of benzene rings is 1. The molecule has 114 valence electrons. The maximum atomic E-state index is 12.6. The second-order valence-corrected chi connectivity index (χ2v) is 5.47. The fourth-order valence-electron chi connectivity index (χ4n) is 2.94. The molecule has 1 aromatic carbocycles. The number of hydrogen-bond donors (Lipinski definition) is 1. The van der Waals surface area contributed by atoms with Crippen molar-refractivity contribution < 1.29 is 19.4 Å². The predicted molar refractivity (Wildman–Crippen MR) is 79.5 cm³/mol. The molecule has 2 rings (SSSR count). The van der Waals surface area contributed by atoms with Crippen molar-refractivity contribution in [3.05, 3.63) is 24.3 Å². The summed E-state index contributed by atoms with van der Waals surface area (Å²) >= 11 is 0. The van der Waals surface area contributed by atoms with E-state index in [0.717, 1.165) is 12.8 Å². The van der Waals surface area contributed by atoms with Gasteiger partial charge in [0.05, 0.1) is 18.7 Å². The molecule has 1 saturated carbocycles. The van der Waals surface area contributed by atoms with Crippen molar-refractivity contribution in [2.75, 3.05) is 19.1 Å². The summed E-state index contributed by atoms with van der Waals surface area (Å²) in [5.74, 6) is -0.828. The molecule has 2 atom stereocenters. The van der Waals surface area contributed by atoms with Gasteiger partial charge in [-0.05, 0) is 31.4 Å². The van der Waals surface area contributed by atoms with E-state index in [1.54, 1.807) is 25.1 Å². The van der Waals surface area contributed by atoms with Crippen molar-refractivity contribution in [3.63, 3.8) is 0 Å². The summed E-state index contributed by atoms with van der Waals surface area (Å²) in [6, 6.07) is 7.33. The van der Waals surface area contributed by atoms with Crippen LogP contribution in [0.4, 0.5) is 5.69 Å². The minimum absolute atomic E-state index is 0.0366. The summed E-state index contributed by atoms with van der Waals surface area (Å²) in [6.45, 7) is 0. The number of para-hydroxylation sites is 2. The third-order valence-electron chi connectivity index (χ3n) is 4.15. The molecule has 1 amide bonds. The topological polar surface area (TPSA) is 66.8 Å². The normalized spacial score (nSPS) is 21.6. The molecule has 1 fully saturated rings. The van der Waals surface area contributed by atoms with Crippen LogP contribution in [0.2, 0.25) is 0 Å². The molecule has 0 aliphatic heterocycles. The van der Waals surface area contributed by atoms with Gasteiger partial charge in [-0.2, -0.15) is 0 Å². The minimum Gasteiger partial charge on any atom is -0.495 e. The van der Waals surface area contributed by atoms with Gasteiger partial charge in [-0.25, -0.2) is 0 Å². The average Bonchev–Trinajstić information content (AvgIpc) is 2.53. The van der Waals surface area contributed by atoms with Gasteiger partial charge in [0.1, 0.15) is 5.75 Å². The highest BCUT2D eigenvalue weighted by Crippen LogP contribution is 2.33.